The predicted molar refractivity (Wildman–Crippen MR) is 123 cm³/mol. The minimum atomic E-state index is -0.720. The van der Waals surface area contributed by atoms with Gasteiger partial charge in [-0.25, -0.2) is 9.78 Å². The number of carbonyl (C=O) groups excluding carboxylic acids is 2. The van der Waals surface area contributed by atoms with E-state index in [0.29, 0.717) is 33.2 Å². The Morgan fingerprint density at radius 2 is 1.97 bits per heavy atom. The first kappa shape index (κ1) is 21.7. The van der Waals surface area contributed by atoms with Gasteiger partial charge in [-0.05, 0) is 24.3 Å². The van der Waals surface area contributed by atoms with Crippen LogP contribution in [0.2, 0.25) is 5.02 Å². The van der Waals surface area contributed by atoms with Gasteiger partial charge in [-0.15, -0.1) is 11.3 Å². The van der Waals surface area contributed by atoms with Gasteiger partial charge < -0.3 is 19.2 Å². The molecule has 2 heterocycles. The number of aromatic amines is 1. The van der Waals surface area contributed by atoms with Crippen LogP contribution < -0.4 is 14.8 Å². The third-order valence-corrected chi connectivity index (χ3v) is 5.76. The lowest BCUT2D eigenvalue weighted by molar-refractivity contribution is -0.119. The average molecular weight is 472 g/mol. The van der Waals surface area contributed by atoms with Crippen molar-refractivity contribution >= 4 is 50.8 Å². The van der Waals surface area contributed by atoms with E-state index in [2.05, 4.69) is 15.3 Å². The van der Waals surface area contributed by atoms with Gasteiger partial charge in [0.05, 0.1) is 24.9 Å². The van der Waals surface area contributed by atoms with Crippen LogP contribution in [-0.4, -0.2) is 42.7 Å². The number of H-pyrrole nitrogens is 1. The summed E-state index contributed by atoms with van der Waals surface area (Å²) in [6.45, 7) is -0.484. The molecule has 0 saturated carbocycles. The molecule has 0 aliphatic rings. The van der Waals surface area contributed by atoms with E-state index >= 15 is 0 Å². The number of nitrogens with one attached hydrogen (secondary N) is 2. The molecular weight excluding hydrogens is 454 g/mol. The maximum absolute atomic E-state index is 12.4. The number of hydrogen-bond acceptors (Lipinski definition) is 7. The van der Waals surface area contributed by atoms with Crippen molar-refractivity contribution in [1.29, 1.82) is 0 Å². The minimum absolute atomic E-state index is 0.0994. The predicted octanol–water partition coefficient (Wildman–Crippen LogP) is 4.76. The number of ether oxygens (including phenoxy) is 3. The highest BCUT2D eigenvalue weighted by Gasteiger charge is 2.19. The number of methoxy groups -OCH3 is 2. The lowest BCUT2D eigenvalue weighted by Gasteiger charge is -2.08. The molecule has 0 aliphatic heterocycles. The van der Waals surface area contributed by atoms with E-state index in [4.69, 9.17) is 25.8 Å². The van der Waals surface area contributed by atoms with Crippen molar-refractivity contribution in [3.63, 3.8) is 0 Å². The first-order chi connectivity index (χ1) is 15.5. The number of benzene rings is 2. The van der Waals surface area contributed by atoms with Gasteiger partial charge in [-0.1, -0.05) is 29.8 Å². The molecular formula is C22H18ClN3O5S. The molecule has 164 valence electrons. The first-order valence-corrected chi connectivity index (χ1v) is 10.7. The largest absolute Gasteiger partial charge is 0.497 e. The molecule has 0 atom stereocenters. The van der Waals surface area contributed by atoms with E-state index in [1.807, 2.05) is 12.1 Å². The lowest BCUT2D eigenvalue weighted by Crippen LogP contribution is -2.21. The normalized spacial score (nSPS) is 10.7. The summed E-state index contributed by atoms with van der Waals surface area (Å²) in [5, 5.41) is 5.71. The molecule has 10 heteroatoms. The summed E-state index contributed by atoms with van der Waals surface area (Å²) in [6, 6.07) is 12.6. The molecule has 0 saturated heterocycles. The van der Waals surface area contributed by atoms with Crippen LogP contribution in [0.4, 0.5) is 5.13 Å². The van der Waals surface area contributed by atoms with Crippen LogP contribution in [0.15, 0.2) is 47.8 Å². The number of thiazole rings is 1. The number of esters is 1. The Labute approximate surface area is 192 Å². The first-order valence-electron chi connectivity index (χ1n) is 9.41. The molecule has 1 amide bonds. The topological polar surface area (TPSA) is 103 Å². The number of hydrogen-bond donors (Lipinski definition) is 2. The number of aromatic nitrogens is 2. The second-order valence-corrected chi connectivity index (χ2v) is 7.82. The van der Waals surface area contributed by atoms with Crippen molar-refractivity contribution in [2.75, 3.05) is 26.1 Å². The number of rotatable bonds is 7. The molecule has 2 aromatic heterocycles. The standard InChI is InChI=1S/C22H18ClN3O5S/c1-29-12-7-8-17(30-2)14(9-12)16-11-32-22(25-16)26-18(27)10-31-21(28)20-19(23)13-5-3-4-6-15(13)24-20/h3-9,11,24H,10H2,1-2H3,(H,25,26,27). The summed E-state index contributed by atoms with van der Waals surface area (Å²) in [5.41, 5.74) is 2.14. The van der Waals surface area contributed by atoms with Crippen molar-refractivity contribution in [3.05, 3.63) is 58.6 Å². The van der Waals surface area contributed by atoms with Crippen LogP contribution in [0.1, 0.15) is 10.5 Å². The molecule has 4 aromatic rings. The third-order valence-electron chi connectivity index (χ3n) is 4.61. The van der Waals surface area contributed by atoms with E-state index < -0.39 is 18.5 Å². The number of para-hydroxylation sites is 1. The van der Waals surface area contributed by atoms with Crippen LogP contribution >= 0.6 is 22.9 Å². The molecule has 0 radical (unpaired) electrons. The number of nitrogens with zero attached hydrogens (tertiary/aromatic N) is 1. The van der Waals surface area contributed by atoms with Crippen molar-refractivity contribution in [3.8, 4) is 22.8 Å². The zero-order valence-electron chi connectivity index (χ0n) is 17.1. The van der Waals surface area contributed by atoms with Crippen LogP contribution in [0.25, 0.3) is 22.2 Å². The molecule has 0 fully saturated rings. The van der Waals surface area contributed by atoms with Gasteiger partial charge in [0.15, 0.2) is 11.7 Å². The van der Waals surface area contributed by atoms with Crippen LogP contribution in [-0.2, 0) is 9.53 Å². The van der Waals surface area contributed by atoms with Gasteiger partial charge in [0.2, 0.25) is 0 Å². The fourth-order valence-corrected chi connectivity index (χ4v) is 4.09. The van der Waals surface area contributed by atoms with Crippen LogP contribution in [0.5, 0.6) is 11.5 Å². The molecule has 2 N–H and O–H groups in total. The van der Waals surface area contributed by atoms with Gasteiger partial charge in [0.1, 0.15) is 17.2 Å². The van der Waals surface area contributed by atoms with Crippen molar-refractivity contribution in [2.24, 2.45) is 0 Å². The molecule has 32 heavy (non-hydrogen) atoms. The summed E-state index contributed by atoms with van der Waals surface area (Å²) in [4.78, 5) is 31.9. The van der Waals surface area contributed by atoms with Crippen molar-refractivity contribution in [2.45, 2.75) is 0 Å². The maximum Gasteiger partial charge on any atom is 0.356 e. The van der Waals surface area contributed by atoms with E-state index in [-0.39, 0.29) is 10.7 Å². The van der Waals surface area contributed by atoms with Gasteiger partial charge in [-0.2, -0.15) is 0 Å². The van der Waals surface area contributed by atoms with Gasteiger partial charge >= 0.3 is 5.97 Å². The minimum Gasteiger partial charge on any atom is -0.497 e. The summed E-state index contributed by atoms with van der Waals surface area (Å²) >= 11 is 7.48. The molecule has 0 aliphatic carbocycles. The van der Waals surface area contributed by atoms with Crippen LogP contribution in [0.3, 0.4) is 0 Å². The SMILES string of the molecule is COc1ccc(OC)c(-c2csc(NC(=O)COC(=O)c3[nH]c4ccccc4c3Cl)n2)c1. The lowest BCUT2D eigenvalue weighted by atomic mass is 10.1. The Hall–Kier alpha value is -3.56. The molecule has 8 nitrogen and oxygen atoms in total. The highest BCUT2D eigenvalue weighted by atomic mass is 35.5. The molecule has 0 unspecified atom stereocenters. The number of fused-ring (bicyclic) bond motifs is 1. The average Bonchev–Trinajstić information content (AvgIpc) is 3.41. The fourth-order valence-electron chi connectivity index (χ4n) is 3.08. The second-order valence-electron chi connectivity index (χ2n) is 6.59. The highest BCUT2D eigenvalue weighted by Crippen LogP contribution is 2.35. The number of halogens is 1. The molecule has 0 bridgehead atoms. The second kappa shape index (κ2) is 9.29. The quantitative estimate of drug-likeness (QED) is 0.377. The smallest absolute Gasteiger partial charge is 0.356 e. The zero-order chi connectivity index (χ0) is 22.7. The van der Waals surface area contributed by atoms with E-state index in [1.165, 1.54) is 11.3 Å². The highest BCUT2D eigenvalue weighted by molar-refractivity contribution is 7.14. The number of carbonyl (C=O) groups is 2. The summed E-state index contributed by atoms with van der Waals surface area (Å²) in [6.07, 6.45) is 0. The maximum atomic E-state index is 12.4. The Bertz CT molecular complexity index is 1300. The van der Waals surface area contributed by atoms with Gasteiger partial charge in [0.25, 0.3) is 5.91 Å². The van der Waals surface area contributed by atoms with E-state index in [9.17, 15) is 9.59 Å². The Morgan fingerprint density at radius 3 is 2.72 bits per heavy atom. The summed E-state index contributed by atoms with van der Waals surface area (Å²) in [7, 11) is 3.14. The Kier molecular flexibility index (Phi) is 6.29. The Balaban J connectivity index is 1.40. The van der Waals surface area contributed by atoms with E-state index in [1.54, 1.807) is 49.9 Å². The summed E-state index contributed by atoms with van der Waals surface area (Å²) < 4.78 is 15.7. The Morgan fingerprint density at radius 1 is 1.16 bits per heavy atom. The van der Waals surface area contributed by atoms with E-state index in [0.717, 1.165) is 5.56 Å². The molecule has 4 rings (SSSR count). The van der Waals surface area contributed by atoms with Crippen LogP contribution in [0, 0.1) is 0 Å². The number of anilines is 1. The van der Waals surface area contributed by atoms with Crippen molar-refractivity contribution in [1.82, 2.24) is 9.97 Å². The third kappa shape index (κ3) is 4.39. The monoisotopic (exact) mass is 471 g/mol. The number of amides is 1. The van der Waals surface area contributed by atoms with Gasteiger partial charge in [0, 0.05) is 21.8 Å². The summed E-state index contributed by atoms with van der Waals surface area (Å²) in [5.74, 6) is 0.0337. The molecule has 2 aromatic carbocycles. The van der Waals surface area contributed by atoms with Gasteiger partial charge in [-0.3, -0.25) is 10.1 Å². The zero-order valence-corrected chi connectivity index (χ0v) is 18.7. The molecule has 0 spiro atoms. The fraction of sp³-hybridized carbons (Fsp3) is 0.136. The van der Waals surface area contributed by atoms with Crippen molar-refractivity contribution < 1.29 is 23.8 Å².